The molecule has 0 unspecified atom stereocenters. The number of benzene rings is 1. The lowest BCUT2D eigenvalue weighted by Crippen LogP contribution is -2.53. The van der Waals surface area contributed by atoms with E-state index in [2.05, 4.69) is 25.7 Å². The number of nitrogens with one attached hydrogen (secondary N) is 2. The number of carbonyl (C=O) groups excluding carboxylic acids is 1. The molecule has 0 aliphatic carbocycles. The molecule has 186 valence electrons. The van der Waals surface area contributed by atoms with Crippen LogP contribution in [0, 0.1) is 0 Å². The molecular weight excluding hydrogens is 472 g/mol. The van der Waals surface area contributed by atoms with Gasteiger partial charge in [-0.25, -0.2) is 19.2 Å². The van der Waals surface area contributed by atoms with Crippen molar-refractivity contribution in [3.8, 4) is 5.95 Å². The number of carbonyl (C=O) groups is 2. The van der Waals surface area contributed by atoms with E-state index < -0.39 is 17.8 Å². The summed E-state index contributed by atoms with van der Waals surface area (Å²) in [6.07, 6.45) is -1.86. The topological polar surface area (TPSA) is 122 Å². The molecule has 3 heterocycles. The number of aliphatic carboxylic acids is 1. The molecule has 1 aliphatic heterocycles. The average Bonchev–Trinajstić information content (AvgIpc) is 3.22. The number of alkyl halides is 4. The molecule has 1 aromatic carbocycles. The van der Waals surface area contributed by atoms with E-state index >= 15 is 0 Å². The van der Waals surface area contributed by atoms with Crippen molar-refractivity contribution in [3.63, 3.8) is 0 Å². The van der Waals surface area contributed by atoms with E-state index in [1.165, 1.54) is 4.68 Å². The van der Waals surface area contributed by atoms with Crippen LogP contribution in [0.3, 0.4) is 0 Å². The largest absolute Gasteiger partial charge is 0.490 e. The fraction of sp³-hybridized carbons (Fsp3) is 0.318. The molecule has 1 amide bonds. The number of carboxylic acid groups (broad SMARTS) is 1. The lowest BCUT2D eigenvalue weighted by molar-refractivity contribution is -0.192. The molecule has 0 radical (unpaired) electrons. The van der Waals surface area contributed by atoms with Gasteiger partial charge in [0.05, 0.1) is 5.69 Å². The first-order valence-corrected chi connectivity index (χ1v) is 10.4. The smallest absolute Gasteiger partial charge is 0.475 e. The van der Waals surface area contributed by atoms with E-state index in [-0.39, 0.29) is 24.9 Å². The van der Waals surface area contributed by atoms with Crippen LogP contribution in [0.1, 0.15) is 41.4 Å². The highest BCUT2D eigenvalue weighted by molar-refractivity contribution is 6.04. The Morgan fingerprint density at radius 3 is 2.29 bits per heavy atom. The zero-order valence-electron chi connectivity index (χ0n) is 18.7. The van der Waals surface area contributed by atoms with Crippen LogP contribution in [0.2, 0.25) is 0 Å². The van der Waals surface area contributed by atoms with Crippen molar-refractivity contribution in [1.82, 2.24) is 25.1 Å². The number of aromatic nitrogens is 4. The molecule has 13 heteroatoms. The number of hydrogen-bond acceptors (Lipinski definition) is 6. The zero-order valence-corrected chi connectivity index (χ0v) is 18.7. The Hall–Kier alpha value is -3.87. The number of anilines is 1. The van der Waals surface area contributed by atoms with Gasteiger partial charge in [-0.05, 0) is 29.7 Å². The first kappa shape index (κ1) is 25.7. The molecule has 2 aromatic heterocycles. The maximum absolute atomic E-state index is 14.7. The molecule has 0 saturated carbocycles. The van der Waals surface area contributed by atoms with Gasteiger partial charge < -0.3 is 15.7 Å². The number of carboxylic acids is 1. The van der Waals surface area contributed by atoms with Gasteiger partial charge in [-0.1, -0.05) is 26.0 Å². The van der Waals surface area contributed by atoms with Crippen LogP contribution < -0.4 is 10.6 Å². The maximum Gasteiger partial charge on any atom is 0.490 e. The summed E-state index contributed by atoms with van der Waals surface area (Å²) in [5, 5.41) is 17.4. The Morgan fingerprint density at radius 1 is 1.14 bits per heavy atom. The first-order valence-electron chi connectivity index (χ1n) is 10.4. The predicted molar refractivity (Wildman–Crippen MR) is 117 cm³/mol. The number of rotatable bonds is 5. The number of hydrogen-bond donors (Lipinski definition) is 3. The van der Waals surface area contributed by atoms with Crippen LogP contribution in [-0.2, 0) is 10.5 Å². The van der Waals surface area contributed by atoms with Gasteiger partial charge in [-0.3, -0.25) is 4.79 Å². The van der Waals surface area contributed by atoms with Gasteiger partial charge in [0.2, 0.25) is 0 Å². The molecule has 0 atom stereocenters. The van der Waals surface area contributed by atoms with Gasteiger partial charge in [-0.2, -0.15) is 23.0 Å². The fourth-order valence-electron chi connectivity index (χ4n) is 3.00. The van der Waals surface area contributed by atoms with Gasteiger partial charge in [0.1, 0.15) is 5.82 Å². The molecule has 1 fully saturated rings. The summed E-state index contributed by atoms with van der Waals surface area (Å²) >= 11 is 0. The minimum atomic E-state index is -5.08. The zero-order chi connectivity index (χ0) is 25.8. The lowest BCUT2D eigenvalue weighted by Gasteiger charge is -2.35. The standard InChI is InChI=1S/C20H21FN6O.C2HF3O2/c1-13(2)16-10-17(27(26-16)19-23-7-4-8-24-19)25-18(28)14-5-3-6-15(9-14)20(21)11-22-12-20;3-2(4,5)1(6)7/h3-10,13,22H,11-12H2,1-2H3,(H,25,28);(H,6,7). The summed E-state index contributed by atoms with van der Waals surface area (Å²) in [7, 11) is 0. The van der Waals surface area contributed by atoms with E-state index in [0.29, 0.717) is 22.9 Å². The van der Waals surface area contributed by atoms with Crippen LogP contribution >= 0.6 is 0 Å². The highest BCUT2D eigenvalue weighted by atomic mass is 19.4. The van der Waals surface area contributed by atoms with Crippen LogP contribution in [-0.4, -0.2) is 56.0 Å². The second kappa shape index (κ2) is 10.2. The quantitative estimate of drug-likeness (QED) is 0.465. The van der Waals surface area contributed by atoms with E-state index in [1.807, 2.05) is 13.8 Å². The first-order chi connectivity index (χ1) is 16.4. The van der Waals surface area contributed by atoms with E-state index in [9.17, 15) is 22.4 Å². The molecule has 1 aliphatic rings. The van der Waals surface area contributed by atoms with E-state index in [4.69, 9.17) is 9.90 Å². The molecular formula is C22H22F4N6O3. The highest BCUT2D eigenvalue weighted by Gasteiger charge is 2.39. The Balaban J connectivity index is 0.000000429. The van der Waals surface area contributed by atoms with Crippen LogP contribution in [0.5, 0.6) is 0 Å². The third kappa shape index (κ3) is 6.18. The van der Waals surface area contributed by atoms with Gasteiger partial charge >= 0.3 is 12.1 Å². The SMILES string of the molecule is CC(C)c1cc(NC(=O)c2cccc(C3(F)CNC3)c2)n(-c2ncccn2)n1.O=C(O)C(F)(F)F. The van der Waals surface area contributed by atoms with Gasteiger partial charge in [0, 0.05) is 37.1 Å². The van der Waals surface area contributed by atoms with Crippen molar-refractivity contribution in [3.05, 3.63) is 65.6 Å². The summed E-state index contributed by atoms with van der Waals surface area (Å²) in [5.74, 6) is -2.11. The van der Waals surface area contributed by atoms with Crippen LogP contribution in [0.4, 0.5) is 23.4 Å². The van der Waals surface area contributed by atoms with Crippen LogP contribution in [0.15, 0.2) is 48.8 Å². The third-order valence-electron chi connectivity index (χ3n) is 5.00. The molecule has 4 rings (SSSR count). The van der Waals surface area contributed by atoms with Crippen molar-refractivity contribution in [2.45, 2.75) is 31.6 Å². The fourth-order valence-corrected chi connectivity index (χ4v) is 3.00. The van der Waals surface area contributed by atoms with Crippen molar-refractivity contribution in [2.24, 2.45) is 0 Å². The number of amides is 1. The average molecular weight is 494 g/mol. The normalized spacial score (nSPS) is 14.5. The molecule has 9 nitrogen and oxygen atoms in total. The van der Waals surface area contributed by atoms with E-state index in [0.717, 1.165) is 5.69 Å². The molecule has 0 spiro atoms. The second-order valence-electron chi connectivity index (χ2n) is 7.98. The predicted octanol–water partition coefficient (Wildman–Crippen LogP) is 3.44. The van der Waals surface area contributed by atoms with Crippen molar-refractivity contribution >= 4 is 17.7 Å². The molecule has 3 aromatic rings. The minimum absolute atomic E-state index is 0.168. The Labute approximate surface area is 197 Å². The van der Waals surface area contributed by atoms with Gasteiger partial charge in [0.25, 0.3) is 11.9 Å². The number of nitrogens with zero attached hydrogens (tertiary/aromatic N) is 4. The Morgan fingerprint density at radius 2 is 1.77 bits per heavy atom. The monoisotopic (exact) mass is 494 g/mol. The summed E-state index contributed by atoms with van der Waals surface area (Å²) < 4.78 is 47.9. The number of halogens is 4. The Kier molecular flexibility index (Phi) is 7.48. The van der Waals surface area contributed by atoms with Gasteiger partial charge in [-0.15, -0.1) is 0 Å². The lowest BCUT2D eigenvalue weighted by atomic mass is 9.89. The molecule has 3 N–H and O–H groups in total. The van der Waals surface area contributed by atoms with Gasteiger partial charge in [0.15, 0.2) is 5.67 Å². The molecule has 1 saturated heterocycles. The summed E-state index contributed by atoms with van der Waals surface area (Å²) in [6.45, 7) is 4.55. The molecule has 35 heavy (non-hydrogen) atoms. The van der Waals surface area contributed by atoms with E-state index in [1.54, 1.807) is 48.8 Å². The summed E-state index contributed by atoms with van der Waals surface area (Å²) in [6, 6.07) is 10.2. The molecule has 0 bridgehead atoms. The Bertz CT molecular complexity index is 1190. The third-order valence-corrected chi connectivity index (χ3v) is 5.00. The van der Waals surface area contributed by atoms with Crippen molar-refractivity contribution < 1.29 is 32.3 Å². The summed E-state index contributed by atoms with van der Waals surface area (Å²) in [5.41, 5.74) is 0.275. The van der Waals surface area contributed by atoms with Crippen LogP contribution in [0.25, 0.3) is 5.95 Å². The maximum atomic E-state index is 14.7. The minimum Gasteiger partial charge on any atom is -0.475 e. The second-order valence-corrected chi connectivity index (χ2v) is 7.98. The summed E-state index contributed by atoms with van der Waals surface area (Å²) in [4.78, 5) is 30.1. The van der Waals surface area contributed by atoms with Crippen molar-refractivity contribution in [2.75, 3.05) is 18.4 Å². The van der Waals surface area contributed by atoms with Crippen molar-refractivity contribution in [1.29, 1.82) is 0 Å². The highest BCUT2D eigenvalue weighted by Crippen LogP contribution is 2.30.